The van der Waals surface area contributed by atoms with Crippen LogP contribution in [0.4, 0.5) is 17.6 Å². The van der Waals surface area contributed by atoms with Crippen molar-refractivity contribution in [3.63, 3.8) is 0 Å². The molecular weight excluding hydrogens is 260 g/mol. The van der Waals surface area contributed by atoms with E-state index in [-0.39, 0.29) is 0 Å². The molecule has 84 valence electrons. The molecule has 0 aliphatic carbocycles. The Morgan fingerprint density at radius 3 is 2.13 bits per heavy atom. The summed E-state index contributed by atoms with van der Waals surface area (Å²) in [5, 5.41) is 0. The van der Waals surface area contributed by atoms with Crippen LogP contribution in [0.15, 0.2) is 23.1 Å². The Morgan fingerprint density at radius 2 is 1.73 bits per heavy atom. The van der Waals surface area contributed by atoms with Gasteiger partial charge in [0, 0.05) is 10.7 Å². The first-order valence-electron chi connectivity index (χ1n) is 3.44. The summed E-state index contributed by atoms with van der Waals surface area (Å²) in [6.45, 7) is 0. The molecule has 0 aromatic heterocycles. The molecule has 0 atom stereocenters. The first kappa shape index (κ1) is 12.3. The predicted octanol–water partition coefficient (Wildman–Crippen LogP) is 2.77. The number of alkyl halides is 3. The topological polar surface area (TPSA) is 34.1 Å². The van der Waals surface area contributed by atoms with Crippen molar-refractivity contribution in [2.75, 3.05) is 0 Å². The highest BCUT2D eigenvalue weighted by molar-refractivity contribution is 8.13. The molecule has 8 heteroatoms. The standard InChI is InChI=1S/C7H3ClF4O2S/c8-15(13,14)5-3-1-2-4(6(5)9)7(10,11)12/h1-3H. The normalized spacial score (nSPS) is 12.9. The summed E-state index contributed by atoms with van der Waals surface area (Å²) in [7, 11) is 0.232. The Hall–Kier alpha value is -0.820. The molecule has 0 radical (unpaired) electrons. The molecule has 0 bridgehead atoms. The van der Waals surface area contributed by atoms with Gasteiger partial charge in [0.2, 0.25) is 0 Å². The number of rotatable bonds is 1. The van der Waals surface area contributed by atoms with Crippen molar-refractivity contribution in [2.24, 2.45) is 0 Å². The van der Waals surface area contributed by atoms with Gasteiger partial charge in [0.05, 0.1) is 5.56 Å². The van der Waals surface area contributed by atoms with Gasteiger partial charge in [0.25, 0.3) is 9.05 Å². The Labute approximate surface area is 86.9 Å². The maximum atomic E-state index is 13.1. The van der Waals surface area contributed by atoms with Gasteiger partial charge in [-0.25, -0.2) is 12.8 Å². The van der Waals surface area contributed by atoms with Crippen molar-refractivity contribution in [2.45, 2.75) is 11.1 Å². The van der Waals surface area contributed by atoms with E-state index in [1.807, 2.05) is 0 Å². The smallest absolute Gasteiger partial charge is 0.207 e. The SMILES string of the molecule is O=S(=O)(Cl)c1cccc(C(F)(F)F)c1F. The van der Waals surface area contributed by atoms with E-state index in [9.17, 15) is 26.0 Å². The third-order valence-electron chi connectivity index (χ3n) is 1.53. The molecule has 0 aliphatic heterocycles. The summed E-state index contributed by atoms with van der Waals surface area (Å²) in [6, 6.07) is 1.86. The van der Waals surface area contributed by atoms with Crippen LogP contribution >= 0.6 is 10.7 Å². The van der Waals surface area contributed by atoms with Crippen LogP contribution in [0.2, 0.25) is 0 Å². The average molecular weight is 263 g/mol. The number of hydrogen-bond acceptors (Lipinski definition) is 2. The van der Waals surface area contributed by atoms with E-state index < -0.39 is 31.5 Å². The predicted molar refractivity (Wildman–Crippen MR) is 44.4 cm³/mol. The zero-order valence-corrected chi connectivity index (χ0v) is 8.42. The van der Waals surface area contributed by atoms with Crippen molar-refractivity contribution in [1.82, 2.24) is 0 Å². The van der Waals surface area contributed by atoms with Gasteiger partial charge in [0.15, 0.2) is 5.82 Å². The number of hydrogen-bond donors (Lipinski definition) is 0. The maximum absolute atomic E-state index is 13.1. The van der Waals surface area contributed by atoms with Gasteiger partial charge in [0.1, 0.15) is 4.90 Å². The molecule has 0 N–H and O–H groups in total. The molecule has 0 amide bonds. The van der Waals surface area contributed by atoms with Crippen molar-refractivity contribution in [3.8, 4) is 0 Å². The summed E-state index contributed by atoms with van der Waals surface area (Å²) in [5.74, 6) is -1.89. The number of halogens is 5. The fraction of sp³-hybridized carbons (Fsp3) is 0.143. The molecule has 0 unspecified atom stereocenters. The van der Waals surface area contributed by atoms with Crippen LogP contribution in [-0.4, -0.2) is 8.42 Å². The highest BCUT2D eigenvalue weighted by Gasteiger charge is 2.36. The molecule has 15 heavy (non-hydrogen) atoms. The molecule has 1 rings (SSSR count). The first-order chi connectivity index (χ1) is 6.64. The molecule has 0 saturated carbocycles. The third-order valence-corrected chi connectivity index (χ3v) is 2.87. The Kier molecular flexibility index (Phi) is 2.97. The van der Waals surface area contributed by atoms with Gasteiger partial charge in [-0.1, -0.05) is 6.07 Å². The molecule has 0 spiro atoms. The van der Waals surface area contributed by atoms with E-state index in [1.54, 1.807) is 0 Å². The van der Waals surface area contributed by atoms with E-state index in [0.29, 0.717) is 12.1 Å². The lowest BCUT2D eigenvalue weighted by Crippen LogP contribution is -2.10. The largest absolute Gasteiger partial charge is 0.419 e. The van der Waals surface area contributed by atoms with E-state index in [4.69, 9.17) is 10.7 Å². The third kappa shape index (κ3) is 2.60. The number of benzene rings is 1. The second-order valence-corrected chi connectivity index (χ2v) is 5.09. The lowest BCUT2D eigenvalue weighted by atomic mass is 10.2. The average Bonchev–Trinajstić information content (AvgIpc) is 1.99. The van der Waals surface area contributed by atoms with Crippen LogP contribution in [0.3, 0.4) is 0 Å². The van der Waals surface area contributed by atoms with E-state index in [2.05, 4.69) is 0 Å². The lowest BCUT2D eigenvalue weighted by molar-refractivity contribution is -0.140. The zero-order chi connectivity index (χ0) is 11.9. The second-order valence-electron chi connectivity index (χ2n) is 2.55. The van der Waals surface area contributed by atoms with Crippen molar-refractivity contribution >= 4 is 19.7 Å². The van der Waals surface area contributed by atoms with Crippen LogP contribution in [-0.2, 0) is 15.2 Å². The summed E-state index contributed by atoms with van der Waals surface area (Å²) in [6.07, 6.45) is -4.96. The molecule has 1 aromatic carbocycles. The van der Waals surface area contributed by atoms with E-state index >= 15 is 0 Å². The molecule has 1 aromatic rings. The molecule has 0 saturated heterocycles. The van der Waals surface area contributed by atoms with Gasteiger partial charge < -0.3 is 0 Å². The molecule has 2 nitrogen and oxygen atoms in total. The molecular formula is C7H3ClF4O2S. The van der Waals surface area contributed by atoms with Crippen LogP contribution in [0.1, 0.15) is 5.56 Å². The van der Waals surface area contributed by atoms with Crippen LogP contribution in [0.5, 0.6) is 0 Å². The quantitative estimate of drug-likeness (QED) is 0.576. The Bertz CT molecular complexity index is 480. The van der Waals surface area contributed by atoms with Crippen molar-refractivity contribution in [1.29, 1.82) is 0 Å². The summed E-state index contributed by atoms with van der Waals surface area (Å²) in [5.41, 5.74) is -1.66. The molecule has 0 heterocycles. The Morgan fingerprint density at radius 1 is 1.20 bits per heavy atom. The van der Waals surface area contributed by atoms with Crippen LogP contribution in [0.25, 0.3) is 0 Å². The van der Waals surface area contributed by atoms with E-state index in [0.717, 1.165) is 6.07 Å². The van der Waals surface area contributed by atoms with Crippen LogP contribution in [0, 0.1) is 5.82 Å². The van der Waals surface area contributed by atoms with Crippen LogP contribution < -0.4 is 0 Å². The summed E-state index contributed by atoms with van der Waals surface area (Å²) < 4.78 is 70.9. The van der Waals surface area contributed by atoms with Gasteiger partial charge in [-0.15, -0.1) is 0 Å². The van der Waals surface area contributed by atoms with Crippen molar-refractivity contribution in [3.05, 3.63) is 29.6 Å². The lowest BCUT2D eigenvalue weighted by Gasteiger charge is -2.09. The highest BCUT2D eigenvalue weighted by Crippen LogP contribution is 2.34. The van der Waals surface area contributed by atoms with Crippen molar-refractivity contribution < 1.29 is 26.0 Å². The molecule has 0 aliphatic rings. The fourth-order valence-electron chi connectivity index (χ4n) is 0.918. The highest BCUT2D eigenvalue weighted by atomic mass is 35.7. The minimum absolute atomic E-state index is 0.431. The Balaban J connectivity index is 3.51. The first-order valence-corrected chi connectivity index (χ1v) is 5.75. The maximum Gasteiger partial charge on any atom is 0.419 e. The summed E-state index contributed by atoms with van der Waals surface area (Å²) >= 11 is 0. The van der Waals surface area contributed by atoms with E-state index in [1.165, 1.54) is 0 Å². The zero-order valence-electron chi connectivity index (χ0n) is 6.85. The molecule has 0 fully saturated rings. The monoisotopic (exact) mass is 262 g/mol. The van der Waals surface area contributed by atoms with Gasteiger partial charge in [-0.05, 0) is 12.1 Å². The second kappa shape index (κ2) is 3.64. The fourth-order valence-corrected chi connectivity index (χ4v) is 1.84. The minimum Gasteiger partial charge on any atom is -0.207 e. The van der Waals surface area contributed by atoms with Gasteiger partial charge >= 0.3 is 6.18 Å². The van der Waals surface area contributed by atoms with Gasteiger partial charge in [-0.3, -0.25) is 0 Å². The minimum atomic E-state index is -4.96. The summed E-state index contributed by atoms with van der Waals surface area (Å²) in [4.78, 5) is -1.18. The van der Waals surface area contributed by atoms with Gasteiger partial charge in [-0.2, -0.15) is 13.2 Å².